The van der Waals surface area contributed by atoms with E-state index in [0.717, 1.165) is 28.6 Å². The molecule has 12 heteroatoms. The SMILES string of the molecule is COc1ccc(NS(=O)(=O)c2ccc(NC(=O)CN(c3ccccc3)S(=O)(=O)c3ccc(F)cc3)cc2)cc1. The van der Waals surface area contributed by atoms with Crippen molar-refractivity contribution in [3.8, 4) is 5.75 Å². The van der Waals surface area contributed by atoms with Crippen molar-refractivity contribution in [2.75, 3.05) is 28.0 Å². The molecule has 4 aromatic rings. The molecule has 0 aromatic heterocycles. The van der Waals surface area contributed by atoms with E-state index in [2.05, 4.69) is 10.0 Å². The van der Waals surface area contributed by atoms with E-state index in [9.17, 15) is 26.0 Å². The third-order valence-electron chi connectivity index (χ3n) is 5.52. The summed E-state index contributed by atoms with van der Waals surface area (Å²) in [6.07, 6.45) is 0. The summed E-state index contributed by atoms with van der Waals surface area (Å²) in [6.45, 7) is -0.581. The van der Waals surface area contributed by atoms with Crippen molar-refractivity contribution < 1.29 is 30.8 Å². The molecule has 0 aliphatic rings. The number of carbonyl (C=O) groups excluding carboxylic acids is 1. The third kappa shape index (κ3) is 6.72. The van der Waals surface area contributed by atoms with Crippen LogP contribution in [-0.2, 0) is 24.8 Å². The molecule has 1 amide bonds. The Bertz CT molecular complexity index is 1650. The van der Waals surface area contributed by atoms with Crippen molar-refractivity contribution >= 4 is 43.0 Å². The topological polar surface area (TPSA) is 122 Å². The number of hydrogen-bond donors (Lipinski definition) is 2. The molecule has 0 bridgehead atoms. The monoisotopic (exact) mass is 569 g/mol. The van der Waals surface area contributed by atoms with E-state index >= 15 is 0 Å². The number of carbonyl (C=O) groups is 1. The summed E-state index contributed by atoms with van der Waals surface area (Å²) >= 11 is 0. The van der Waals surface area contributed by atoms with Crippen LogP contribution in [0.4, 0.5) is 21.5 Å². The summed E-state index contributed by atoms with van der Waals surface area (Å²) in [4.78, 5) is 12.7. The van der Waals surface area contributed by atoms with Crippen LogP contribution in [0.1, 0.15) is 0 Å². The quantitative estimate of drug-likeness (QED) is 0.291. The normalized spacial score (nSPS) is 11.4. The summed E-state index contributed by atoms with van der Waals surface area (Å²) in [6, 6.07) is 24.1. The Kier molecular flexibility index (Phi) is 8.17. The maximum atomic E-state index is 13.4. The number of nitrogens with one attached hydrogen (secondary N) is 2. The lowest BCUT2D eigenvalue weighted by molar-refractivity contribution is -0.114. The van der Waals surface area contributed by atoms with Crippen LogP contribution in [0.25, 0.3) is 0 Å². The van der Waals surface area contributed by atoms with Gasteiger partial charge in [0.2, 0.25) is 5.91 Å². The van der Waals surface area contributed by atoms with E-state index in [0.29, 0.717) is 11.4 Å². The van der Waals surface area contributed by atoms with Crippen LogP contribution >= 0.6 is 0 Å². The zero-order valence-corrected chi connectivity index (χ0v) is 22.2. The fourth-order valence-electron chi connectivity index (χ4n) is 3.56. The molecule has 0 atom stereocenters. The Balaban J connectivity index is 1.49. The van der Waals surface area contributed by atoms with Gasteiger partial charge in [0.1, 0.15) is 18.1 Å². The lowest BCUT2D eigenvalue weighted by Gasteiger charge is -2.24. The van der Waals surface area contributed by atoms with E-state index in [4.69, 9.17) is 4.74 Å². The zero-order valence-electron chi connectivity index (χ0n) is 20.6. The highest BCUT2D eigenvalue weighted by Gasteiger charge is 2.27. The largest absolute Gasteiger partial charge is 0.497 e. The van der Waals surface area contributed by atoms with E-state index in [1.54, 1.807) is 42.5 Å². The maximum Gasteiger partial charge on any atom is 0.264 e. The van der Waals surface area contributed by atoms with Gasteiger partial charge in [0, 0.05) is 11.4 Å². The third-order valence-corrected chi connectivity index (χ3v) is 8.71. The van der Waals surface area contributed by atoms with E-state index in [1.165, 1.54) is 43.5 Å². The smallest absolute Gasteiger partial charge is 0.264 e. The van der Waals surface area contributed by atoms with Crippen molar-refractivity contribution in [2.45, 2.75) is 9.79 Å². The Morgan fingerprint density at radius 1 is 0.769 bits per heavy atom. The van der Waals surface area contributed by atoms with Crippen LogP contribution in [0.3, 0.4) is 0 Å². The average molecular weight is 570 g/mol. The Morgan fingerprint density at radius 3 is 1.92 bits per heavy atom. The molecule has 0 aliphatic carbocycles. The van der Waals surface area contributed by atoms with Gasteiger partial charge in [0.25, 0.3) is 20.0 Å². The Labute approximate surface area is 226 Å². The highest BCUT2D eigenvalue weighted by molar-refractivity contribution is 7.93. The number of hydrogen-bond acceptors (Lipinski definition) is 6. The highest BCUT2D eigenvalue weighted by atomic mass is 32.2. The lowest BCUT2D eigenvalue weighted by atomic mass is 10.3. The lowest BCUT2D eigenvalue weighted by Crippen LogP contribution is -2.38. The zero-order chi connectivity index (χ0) is 28.0. The van der Waals surface area contributed by atoms with Gasteiger partial charge in [0.15, 0.2) is 0 Å². The fraction of sp³-hybridized carbons (Fsp3) is 0.0741. The average Bonchev–Trinajstić information content (AvgIpc) is 2.93. The molecule has 0 unspecified atom stereocenters. The number of methoxy groups -OCH3 is 1. The molecule has 202 valence electrons. The first-order valence-corrected chi connectivity index (χ1v) is 14.4. The summed E-state index contributed by atoms with van der Waals surface area (Å²) in [5, 5.41) is 2.58. The number of benzene rings is 4. The molecule has 4 rings (SSSR count). The molecular formula is C27H24FN3O6S2. The van der Waals surface area contributed by atoms with Crippen molar-refractivity contribution in [1.82, 2.24) is 0 Å². The van der Waals surface area contributed by atoms with Crippen LogP contribution in [-0.4, -0.2) is 36.4 Å². The summed E-state index contributed by atoms with van der Waals surface area (Å²) < 4.78 is 73.9. The number of anilines is 3. The van der Waals surface area contributed by atoms with E-state index in [-0.39, 0.29) is 21.2 Å². The summed E-state index contributed by atoms with van der Waals surface area (Å²) in [5.41, 5.74) is 0.843. The number of nitrogens with zero attached hydrogens (tertiary/aromatic N) is 1. The van der Waals surface area contributed by atoms with Gasteiger partial charge in [-0.25, -0.2) is 21.2 Å². The number of sulfonamides is 2. The number of ether oxygens (including phenoxy) is 1. The maximum absolute atomic E-state index is 13.4. The van der Waals surface area contributed by atoms with Gasteiger partial charge in [-0.1, -0.05) is 18.2 Å². The van der Waals surface area contributed by atoms with E-state index in [1.807, 2.05) is 0 Å². The van der Waals surface area contributed by atoms with Crippen LogP contribution in [0.15, 0.2) is 113 Å². The van der Waals surface area contributed by atoms with Crippen molar-refractivity contribution in [1.29, 1.82) is 0 Å². The van der Waals surface area contributed by atoms with Gasteiger partial charge in [-0.2, -0.15) is 0 Å². The molecule has 2 N–H and O–H groups in total. The molecule has 0 fully saturated rings. The van der Waals surface area contributed by atoms with E-state index < -0.39 is 38.3 Å². The first kappa shape index (κ1) is 27.6. The second-order valence-electron chi connectivity index (χ2n) is 8.21. The molecule has 39 heavy (non-hydrogen) atoms. The molecule has 0 saturated carbocycles. The standard InChI is InChI=1S/C27H24FN3O6S2/c1-37-24-13-9-22(10-14-24)30-38(33,34)25-17-11-21(12-18-25)29-27(32)19-31(23-5-3-2-4-6-23)39(35,36)26-15-7-20(28)8-16-26/h2-18,30H,19H2,1H3,(H,29,32). The summed E-state index contributed by atoms with van der Waals surface area (Å²) in [5.74, 6) is -0.687. The highest BCUT2D eigenvalue weighted by Crippen LogP contribution is 2.24. The first-order chi connectivity index (χ1) is 18.6. The molecule has 0 saturated heterocycles. The van der Waals surface area contributed by atoms with Crippen molar-refractivity contribution in [2.24, 2.45) is 0 Å². The minimum absolute atomic E-state index is 0.0406. The van der Waals surface area contributed by atoms with Gasteiger partial charge >= 0.3 is 0 Å². The van der Waals surface area contributed by atoms with Gasteiger partial charge in [0.05, 0.1) is 22.6 Å². The van der Waals surface area contributed by atoms with Crippen LogP contribution in [0, 0.1) is 5.82 Å². The molecule has 9 nitrogen and oxygen atoms in total. The van der Waals surface area contributed by atoms with Gasteiger partial charge in [-0.3, -0.25) is 13.8 Å². The molecule has 0 radical (unpaired) electrons. The summed E-state index contributed by atoms with van der Waals surface area (Å²) in [7, 11) is -6.61. The molecule has 0 heterocycles. The number of amides is 1. The number of para-hydroxylation sites is 1. The van der Waals surface area contributed by atoms with Gasteiger partial charge < -0.3 is 10.1 Å². The van der Waals surface area contributed by atoms with Crippen LogP contribution in [0.2, 0.25) is 0 Å². The van der Waals surface area contributed by atoms with Crippen LogP contribution in [0.5, 0.6) is 5.75 Å². The molecule has 0 aliphatic heterocycles. The minimum Gasteiger partial charge on any atom is -0.497 e. The van der Waals surface area contributed by atoms with Crippen LogP contribution < -0.4 is 19.1 Å². The Hall–Kier alpha value is -4.42. The molecule has 0 spiro atoms. The van der Waals surface area contributed by atoms with Gasteiger partial charge in [-0.05, 0) is 84.9 Å². The predicted octanol–water partition coefficient (Wildman–Crippen LogP) is 4.47. The predicted molar refractivity (Wildman–Crippen MR) is 146 cm³/mol. The van der Waals surface area contributed by atoms with Gasteiger partial charge in [-0.15, -0.1) is 0 Å². The first-order valence-electron chi connectivity index (χ1n) is 11.5. The minimum atomic E-state index is -4.21. The molecule has 4 aromatic carbocycles. The molecular weight excluding hydrogens is 545 g/mol. The van der Waals surface area contributed by atoms with Crippen molar-refractivity contribution in [3.05, 3.63) is 109 Å². The number of rotatable bonds is 10. The van der Waals surface area contributed by atoms with Crippen molar-refractivity contribution in [3.63, 3.8) is 0 Å². The number of halogens is 1. The second-order valence-corrected chi connectivity index (χ2v) is 11.8. The fourth-order valence-corrected chi connectivity index (χ4v) is 6.04. The second kappa shape index (κ2) is 11.5. The Morgan fingerprint density at radius 2 is 1.33 bits per heavy atom.